The lowest BCUT2D eigenvalue weighted by atomic mass is 9.95. The fourth-order valence-electron chi connectivity index (χ4n) is 2.50. The van der Waals surface area contributed by atoms with Crippen LogP contribution in [-0.4, -0.2) is 34.4 Å². The Hall–Kier alpha value is -2.35. The van der Waals surface area contributed by atoms with Gasteiger partial charge in [0.2, 0.25) is 5.01 Å². The third-order valence-electron chi connectivity index (χ3n) is 3.90. The Bertz CT molecular complexity index is 763. The van der Waals surface area contributed by atoms with E-state index in [1.54, 1.807) is 30.3 Å². The van der Waals surface area contributed by atoms with Gasteiger partial charge in [0.1, 0.15) is 5.69 Å². The number of halogens is 2. The number of aromatic carboxylic acids is 1. The van der Waals surface area contributed by atoms with Gasteiger partial charge < -0.3 is 10.4 Å². The number of hydrogen-bond acceptors (Lipinski definition) is 4. The molecule has 1 aromatic heterocycles. The molecule has 1 unspecified atom stereocenters. The molecule has 1 aliphatic carbocycles. The molecule has 120 valence electrons. The number of benzene rings is 1. The van der Waals surface area contributed by atoms with E-state index in [0.717, 1.165) is 11.3 Å². The van der Waals surface area contributed by atoms with Gasteiger partial charge in [-0.3, -0.25) is 4.79 Å². The first-order valence-corrected chi connectivity index (χ1v) is 7.64. The van der Waals surface area contributed by atoms with Crippen LogP contribution >= 0.6 is 11.3 Å². The van der Waals surface area contributed by atoms with Gasteiger partial charge in [-0.2, -0.15) is 0 Å². The quantitative estimate of drug-likeness (QED) is 0.878. The van der Waals surface area contributed by atoms with Crippen LogP contribution < -0.4 is 5.32 Å². The maximum Gasteiger partial charge on any atom is 0.365 e. The van der Waals surface area contributed by atoms with Gasteiger partial charge in [-0.25, -0.2) is 18.6 Å². The molecule has 0 saturated heterocycles. The summed E-state index contributed by atoms with van der Waals surface area (Å²) in [7, 11) is 0. The molecule has 5 nitrogen and oxygen atoms in total. The minimum absolute atomic E-state index is 0.0837. The summed E-state index contributed by atoms with van der Waals surface area (Å²) < 4.78 is 27.7. The summed E-state index contributed by atoms with van der Waals surface area (Å²) in [4.78, 5) is 26.4. The number of hydrogen-bond donors (Lipinski definition) is 2. The van der Waals surface area contributed by atoms with Crippen LogP contribution in [0.5, 0.6) is 0 Å². The largest absolute Gasteiger partial charge is 0.476 e. The van der Waals surface area contributed by atoms with Crippen molar-refractivity contribution in [3.05, 3.63) is 52.0 Å². The van der Waals surface area contributed by atoms with E-state index in [9.17, 15) is 18.4 Å². The van der Waals surface area contributed by atoms with Crippen LogP contribution in [0.15, 0.2) is 35.7 Å². The second-order valence-electron chi connectivity index (χ2n) is 5.36. The number of aromatic nitrogens is 1. The maximum atomic E-state index is 13.9. The summed E-state index contributed by atoms with van der Waals surface area (Å²) >= 11 is 0.811. The summed E-state index contributed by atoms with van der Waals surface area (Å²) in [6, 6.07) is 8.30. The van der Waals surface area contributed by atoms with Gasteiger partial charge in [-0.05, 0) is 5.56 Å². The minimum Gasteiger partial charge on any atom is -0.476 e. The van der Waals surface area contributed by atoms with Crippen LogP contribution in [0, 0.1) is 0 Å². The summed E-state index contributed by atoms with van der Waals surface area (Å²) in [6.45, 7) is -0.233. The maximum absolute atomic E-state index is 13.9. The summed E-state index contributed by atoms with van der Waals surface area (Å²) in [6.07, 6.45) is -0.332. The van der Waals surface area contributed by atoms with E-state index < -0.39 is 23.2 Å². The third kappa shape index (κ3) is 2.70. The fraction of sp³-hybridized carbons (Fsp3) is 0.267. The molecule has 1 fully saturated rings. The highest BCUT2D eigenvalue weighted by molar-refractivity contribution is 7.11. The number of alkyl halides is 2. The predicted octanol–water partition coefficient (Wildman–Crippen LogP) is 2.55. The van der Waals surface area contributed by atoms with Crippen molar-refractivity contribution in [1.82, 2.24) is 10.3 Å². The first kappa shape index (κ1) is 15.5. The molecular formula is C15H12F2N2O3S. The van der Waals surface area contributed by atoms with Crippen LogP contribution in [0.3, 0.4) is 0 Å². The Morgan fingerprint density at radius 1 is 1.30 bits per heavy atom. The van der Waals surface area contributed by atoms with Gasteiger partial charge in [0.15, 0.2) is 0 Å². The van der Waals surface area contributed by atoms with Crippen LogP contribution in [0.25, 0.3) is 0 Å². The van der Waals surface area contributed by atoms with Gasteiger partial charge >= 0.3 is 5.97 Å². The molecule has 1 saturated carbocycles. The number of carboxylic acids is 1. The van der Waals surface area contributed by atoms with Crippen molar-refractivity contribution in [3.63, 3.8) is 0 Å². The van der Waals surface area contributed by atoms with Crippen LogP contribution in [0.4, 0.5) is 8.78 Å². The van der Waals surface area contributed by atoms with Crippen LogP contribution in [-0.2, 0) is 5.41 Å². The SMILES string of the molecule is O=C(NCC1(c2ccccc2)CC1(F)F)c1csc(C(=O)O)n1. The van der Waals surface area contributed by atoms with Gasteiger partial charge in [-0.1, -0.05) is 30.3 Å². The molecule has 0 radical (unpaired) electrons. The van der Waals surface area contributed by atoms with Crippen molar-refractivity contribution < 1.29 is 23.5 Å². The van der Waals surface area contributed by atoms with E-state index in [4.69, 9.17) is 5.11 Å². The second kappa shape index (κ2) is 5.38. The Morgan fingerprint density at radius 3 is 2.48 bits per heavy atom. The number of nitrogens with one attached hydrogen (secondary N) is 1. The third-order valence-corrected chi connectivity index (χ3v) is 4.73. The minimum atomic E-state index is -2.88. The molecule has 0 bridgehead atoms. The van der Waals surface area contributed by atoms with Crippen LogP contribution in [0.2, 0.25) is 0 Å². The zero-order valence-electron chi connectivity index (χ0n) is 11.8. The van der Waals surface area contributed by atoms with Gasteiger partial charge in [0, 0.05) is 18.3 Å². The van der Waals surface area contributed by atoms with E-state index in [1.807, 2.05) is 0 Å². The topological polar surface area (TPSA) is 79.3 Å². The Balaban J connectivity index is 1.73. The average Bonchev–Trinajstić information content (AvgIpc) is 2.90. The Labute approximate surface area is 134 Å². The van der Waals surface area contributed by atoms with Crippen molar-refractivity contribution in [2.24, 2.45) is 0 Å². The molecule has 1 atom stereocenters. The number of nitrogens with zero attached hydrogens (tertiary/aromatic N) is 1. The molecule has 1 aromatic carbocycles. The van der Waals surface area contributed by atoms with E-state index in [2.05, 4.69) is 10.3 Å². The molecule has 1 aliphatic rings. The zero-order valence-corrected chi connectivity index (χ0v) is 12.6. The van der Waals surface area contributed by atoms with Gasteiger partial charge in [0.05, 0.1) is 5.41 Å². The van der Waals surface area contributed by atoms with Crippen molar-refractivity contribution >= 4 is 23.2 Å². The summed E-state index contributed by atoms with van der Waals surface area (Å²) in [5.41, 5.74) is -1.02. The monoisotopic (exact) mass is 338 g/mol. The number of thiazole rings is 1. The molecule has 0 aliphatic heterocycles. The van der Waals surface area contributed by atoms with Gasteiger partial charge in [0.25, 0.3) is 11.8 Å². The molecule has 23 heavy (non-hydrogen) atoms. The predicted molar refractivity (Wildman–Crippen MR) is 79.1 cm³/mol. The van der Waals surface area contributed by atoms with E-state index in [-0.39, 0.29) is 23.7 Å². The highest BCUT2D eigenvalue weighted by atomic mass is 32.1. The molecule has 2 N–H and O–H groups in total. The first-order chi connectivity index (χ1) is 10.9. The standard InChI is InChI=1S/C15H12F2N2O3S/c16-15(17)7-14(15,9-4-2-1-3-5-9)8-18-11(20)10-6-23-12(19-10)13(21)22/h1-6H,7-8H2,(H,18,20)(H,21,22). The molecule has 1 amide bonds. The smallest absolute Gasteiger partial charge is 0.365 e. The first-order valence-electron chi connectivity index (χ1n) is 6.76. The van der Waals surface area contributed by atoms with Gasteiger partial charge in [-0.15, -0.1) is 11.3 Å². The Kier molecular flexibility index (Phi) is 3.63. The zero-order chi connectivity index (χ0) is 16.7. The number of rotatable bonds is 5. The molecule has 2 aromatic rings. The molecule has 8 heteroatoms. The van der Waals surface area contributed by atoms with Crippen molar-refractivity contribution in [1.29, 1.82) is 0 Å². The van der Waals surface area contributed by atoms with Crippen LogP contribution in [0.1, 0.15) is 32.3 Å². The molecule has 3 rings (SSSR count). The van der Waals surface area contributed by atoms with E-state index in [1.165, 1.54) is 5.38 Å². The molecular weight excluding hydrogens is 326 g/mol. The molecule has 1 heterocycles. The average molecular weight is 338 g/mol. The van der Waals surface area contributed by atoms with Crippen molar-refractivity contribution in [2.75, 3.05) is 6.54 Å². The highest BCUT2D eigenvalue weighted by Gasteiger charge is 2.71. The number of carbonyl (C=O) groups excluding carboxylic acids is 1. The second-order valence-corrected chi connectivity index (χ2v) is 6.21. The summed E-state index contributed by atoms with van der Waals surface area (Å²) in [5.74, 6) is -4.77. The van der Waals surface area contributed by atoms with Crippen molar-refractivity contribution in [2.45, 2.75) is 17.8 Å². The normalized spacial score (nSPS) is 21.7. The highest BCUT2D eigenvalue weighted by Crippen LogP contribution is 2.61. The lowest BCUT2D eigenvalue weighted by Gasteiger charge is -2.17. The molecule has 0 spiro atoms. The summed E-state index contributed by atoms with van der Waals surface area (Å²) in [5, 5.41) is 12.3. The number of carbonyl (C=O) groups is 2. The van der Waals surface area contributed by atoms with Crippen molar-refractivity contribution in [3.8, 4) is 0 Å². The Morgan fingerprint density at radius 2 is 1.96 bits per heavy atom. The number of amides is 1. The fourth-order valence-corrected chi connectivity index (χ4v) is 3.13. The van der Waals surface area contributed by atoms with E-state index >= 15 is 0 Å². The number of carboxylic acid groups (broad SMARTS) is 1. The lowest BCUT2D eigenvalue weighted by Crippen LogP contribution is -2.35. The van der Waals surface area contributed by atoms with E-state index in [0.29, 0.717) is 5.56 Å². The lowest BCUT2D eigenvalue weighted by molar-refractivity contribution is 0.0696.